The van der Waals surface area contributed by atoms with Crippen molar-refractivity contribution in [3.63, 3.8) is 0 Å². The lowest BCUT2D eigenvalue weighted by atomic mass is 10.2. The van der Waals surface area contributed by atoms with E-state index in [4.69, 9.17) is 0 Å². The smallest absolute Gasteiger partial charge is 0.325 e. The Morgan fingerprint density at radius 1 is 1.16 bits per heavy atom. The van der Waals surface area contributed by atoms with Crippen molar-refractivity contribution in [2.75, 3.05) is 7.05 Å². The second kappa shape index (κ2) is 10.1. The highest BCUT2D eigenvalue weighted by atomic mass is 19.4. The summed E-state index contributed by atoms with van der Waals surface area (Å²) < 4.78 is 52.3. The monoisotopic (exact) mass is 438 g/mol. The number of nitrogens with one attached hydrogen (secondary N) is 1. The molecule has 0 atom stereocenters. The van der Waals surface area contributed by atoms with Crippen LogP contribution in [-0.2, 0) is 17.5 Å². The molecule has 2 rings (SSSR count). The summed E-state index contributed by atoms with van der Waals surface area (Å²) in [5.74, 6) is -0.734. The maximum atomic E-state index is 13.2. The summed E-state index contributed by atoms with van der Waals surface area (Å²) in [5.41, 5.74) is -0.505. The first-order valence-corrected chi connectivity index (χ1v) is 9.27. The fraction of sp³-hybridized carbons (Fsp3) is 0.286. The minimum Gasteiger partial charge on any atom is -0.325 e. The van der Waals surface area contributed by atoms with Crippen molar-refractivity contribution in [1.82, 2.24) is 15.1 Å². The van der Waals surface area contributed by atoms with Crippen molar-refractivity contribution in [2.45, 2.75) is 32.6 Å². The molecular weight excluding hydrogens is 416 g/mol. The normalized spacial score (nSPS) is 11.9. The zero-order valence-electron chi connectivity index (χ0n) is 17.2. The molecule has 2 aromatic rings. The number of benzene rings is 2. The van der Waals surface area contributed by atoms with Crippen LogP contribution in [0.25, 0.3) is 0 Å². The van der Waals surface area contributed by atoms with E-state index in [1.165, 1.54) is 48.3 Å². The highest BCUT2D eigenvalue weighted by molar-refractivity contribution is 6.01. The molecule has 0 heterocycles. The van der Waals surface area contributed by atoms with E-state index in [0.29, 0.717) is 12.0 Å². The number of amides is 3. The number of nitrogens with zero attached hydrogens (tertiary/aromatic N) is 3. The molecule has 0 radical (unpaired) electrons. The molecule has 3 amide bonds. The molecule has 0 saturated carbocycles. The first-order chi connectivity index (χ1) is 14.5. The van der Waals surface area contributed by atoms with E-state index in [2.05, 4.69) is 10.3 Å². The molecule has 166 valence electrons. The summed E-state index contributed by atoms with van der Waals surface area (Å²) >= 11 is 0. The summed E-state index contributed by atoms with van der Waals surface area (Å²) in [4.78, 5) is 30.7. The molecular formula is C21H22F4N4O2. The van der Waals surface area contributed by atoms with Crippen LogP contribution < -0.4 is 5.32 Å². The number of aliphatic imine (C=N–C) groups is 1. The molecule has 0 saturated heterocycles. The average molecular weight is 438 g/mol. The predicted molar refractivity (Wildman–Crippen MR) is 108 cm³/mol. The van der Waals surface area contributed by atoms with Crippen LogP contribution in [0.3, 0.4) is 0 Å². The van der Waals surface area contributed by atoms with Crippen LogP contribution in [0.4, 0.5) is 28.0 Å². The van der Waals surface area contributed by atoms with Gasteiger partial charge < -0.3 is 4.90 Å². The van der Waals surface area contributed by atoms with Gasteiger partial charge in [0.25, 0.3) is 0 Å². The number of carbonyl (C=O) groups excluding carboxylic acids is 2. The van der Waals surface area contributed by atoms with Gasteiger partial charge in [-0.1, -0.05) is 18.2 Å². The third kappa shape index (κ3) is 6.80. The van der Waals surface area contributed by atoms with Gasteiger partial charge in [0, 0.05) is 13.1 Å². The standard InChI is InChI=1S/C21H22F4N4O2/c1-14(2)28(3)20(31)27-19(26-18-6-4-5-16(11-18)21(23,24)25)29(13-30)12-15-7-9-17(22)10-8-15/h4-11,13-14H,12H2,1-3H3,(H,26,27,31). The minimum atomic E-state index is -4.58. The molecule has 0 bridgehead atoms. The summed E-state index contributed by atoms with van der Waals surface area (Å²) in [6.45, 7) is 3.44. The van der Waals surface area contributed by atoms with Crippen molar-refractivity contribution >= 4 is 24.1 Å². The molecule has 1 N–H and O–H groups in total. The topological polar surface area (TPSA) is 65.0 Å². The Balaban J connectivity index is 2.43. The maximum Gasteiger partial charge on any atom is 0.416 e. The van der Waals surface area contributed by atoms with Gasteiger partial charge in [-0.05, 0) is 49.7 Å². The first kappa shape index (κ1) is 23.8. The number of carbonyl (C=O) groups is 2. The molecule has 10 heteroatoms. The second-order valence-electron chi connectivity index (χ2n) is 6.98. The Labute approximate surface area is 177 Å². The molecule has 0 unspecified atom stereocenters. The number of urea groups is 1. The second-order valence-corrected chi connectivity index (χ2v) is 6.98. The highest BCUT2D eigenvalue weighted by Gasteiger charge is 2.30. The Kier molecular flexibility index (Phi) is 7.73. The van der Waals surface area contributed by atoms with Crippen molar-refractivity contribution in [1.29, 1.82) is 0 Å². The van der Waals surface area contributed by atoms with Crippen molar-refractivity contribution in [3.8, 4) is 0 Å². The lowest BCUT2D eigenvalue weighted by molar-refractivity contribution is -0.137. The quantitative estimate of drug-likeness (QED) is 0.322. The summed E-state index contributed by atoms with van der Waals surface area (Å²) in [6.07, 6.45) is -4.20. The zero-order valence-corrected chi connectivity index (χ0v) is 17.2. The lowest BCUT2D eigenvalue weighted by Gasteiger charge is -2.25. The van der Waals surface area contributed by atoms with E-state index in [1.807, 2.05) is 0 Å². The van der Waals surface area contributed by atoms with Crippen LogP contribution in [0.2, 0.25) is 0 Å². The van der Waals surface area contributed by atoms with Crippen LogP contribution in [0, 0.1) is 5.82 Å². The molecule has 0 aliphatic rings. The molecule has 0 aromatic heterocycles. The van der Waals surface area contributed by atoms with Crippen LogP contribution in [0.15, 0.2) is 53.5 Å². The molecule has 0 aliphatic carbocycles. The van der Waals surface area contributed by atoms with Gasteiger partial charge in [-0.2, -0.15) is 13.2 Å². The third-order valence-electron chi connectivity index (χ3n) is 4.39. The Hall–Kier alpha value is -3.43. The molecule has 2 aromatic carbocycles. The zero-order chi connectivity index (χ0) is 23.2. The molecule has 0 aliphatic heterocycles. The van der Waals surface area contributed by atoms with Crippen molar-refractivity contribution < 1.29 is 27.2 Å². The van der Waals surface area contributed by atoms with Crippen LogP contribution in [0.5, 0.6) is 0 Å². The average Bonchev–Trinajstić information content (AvgIpc) is 2.71. The molecule has 6 nitrogen and oxygen atoms in total. The van der Waals surface area contributed by atoms with Gasteiger partial charge in [0.1, 0.15) is 5.82 Å². The van der Waals surface area contributed by atoms with Crippen molar-refractivity contribution in [3.05, 3.63) is 65.5 Å². The van der Waals surface area contributed by atoms with E-state index in [-0.39, 0.29) is 24.2 Å². The third-order valence-corrected chi connectivity index (χ3v) is 4.39. The van der Waals surface area contributed by atoms with E-state index < -0.39 is 23.6 Å². The number of alkyl halides is 3. The summed E-state index contributed by atoms with van der Waals surface area (Å²) in [6, 6.07) is 8.68. The fourth-order valence-corrected chi connectivity index (χ4v) is 2.40. The number of halogens is 4. The largest absolute Gasteiger partial charge is 0.416 e. The number of guanidine groups is 1. The van der Waals surface area contributed by atoms with Gasteiger partial charge >= 0.3 is 12.2 Å². The highest BCUT2D eigenvalue weighted by Crippen LogP contribution is 2.31. The summed E-state index contributed by atoms with van der Waals surface area (Å²) in [7, 11) is 1.52. The van der Waals surface area contributed by atoms with Crippen LogP contribution in [0.1, 0.15) is 25.0 Å². The Morgan fingerprint density at radius 2 is 1.81 bits per heavy atom. The fourth-order valence-electron chi connectivity index (χ4n) is 2.40. The van der Waals surface area contributed by atoms with Crippen LogP contribution >= 0.6 is 0 Å². The van der Waals surface area contributed by atoms with Gasteiger partial charge in [0.05, 0.1) is 17.8 Å². The first-order valence-electron chi connectivity index (χ1n) is 9.27. The van der Waals surface area contributed by atoms with E-state index in [0.717, 1.165) is 17.0 Å². The molecule has 0 fully saturated rings. The molecule has 31 heavy (non-hydrogen) atoms. The minimum absolute atomic E-state index is 0.0900. The van der Waals surface area contributed by atoms with Gasteiger partial charge in [0.2, 0.25) is 12.4 Å². The Bertz CT molecular complexity index is 943. The maximum absolute atomic E-state index is 13.2. The van der Waals surface area contributed by atoms with Crippen molar-refractivity contribution in [2.24, 2.45) is 4.99 Å². The van der Waals surface area contributed by atoms with Gasteiger partial charge in [-0.3, -0.25) is 15.0 Å². The predicted octanol–water partition coefficient (Wildman–Crippen LogP) is 4.54. The van der Waals surface area contributed by atoms with E-state index in [9.17, 15) is 27.2 Å². The van der Waals surface area contributed by atoms with Gasteiger partial charge in [-0.15, -0.1) is 0 Å². The number of rotatable bonds is 5. The van der Waals surface area contributed by atoms with E-state index in [1.54, 1.807) is 13.8 Å². The number of hydrogen-bond donors (Lipinski definition) is 1. The Morgan fingerprint density at radius 3 is 2.35 bits per heavy atom. The SMILES string of the molecule is CC(C)N(C)C(=O)NC(=Nc1cccc(C(F)(F)F)c1)N(C=O)Cc1ccc(F)cc1. The van der Waals surface area contributed by atoms with Gasteiger partial charge in [-0.25, -0.2) is 14.2 Å². The number of hydrogen-bond acceptors (Lipinski definition) is 3. The van der Waals surface area contributed by atoms with Crippen LogP contribution in [-0.4, -0.2) is 41.3 Å². The van der Waals surface area contributed by atoms with E-state index >= 15 is 0 Å². The molecule has 0 spiro atoms. The summed E-state index contributed by atoms with van der Waals surface area (Å²) in [5, 5.41) is 2.46. The van der Waals surface area contributed by atoms with Gasteiger partial charge in [0.15, 0.2) is 0 Å². The lowest BCUT2D eigenvalue weighted by Crippen LogP contribution is -2.49.